The summed E-state index contributed by atoms with van der Waals surface area (Å²) in [5.74, 6) is 0.797. The van der Waals surface area contributed by atoms with Crippen molar-refractivity contribution in [2.45, 2.75) is 51.6 Å². The zero-order valence-electron chi connectivity index (χ0n) is 19.1. The molecule has 5 rings (SSSR count). The van der Waals surface area contributed by atoms with Crippen LogP contribution in [0.4, 0.5) is 10.2 Å². The molecule has 1 aromatic carbocycles. The van der Waals surface area contributed by atoms with E-state index in [1.165, 1.54) is 31.4 Å². The second kappa shape index (κ2) is 9.43. The van der Waals surface area contributed by atoms with Crippen molar-refractivity contribution in [2.24, 2.45) is 5.92 Å². The summed E-state index contributed by atoms with van der Waals surface area (Å²) in [6.45, 7) is 2.50. The second-order valence-corrected chi connectivity index (χ2v) is 9.32. The molecule has 1 aliphatic heterocycles. The molecule has 6 nitrogen and oxygen atoms in total. The van der Waals surface area contributed by atoms with Gasteiger partial charge < -0.3 is 5.32 Å². The molecule has 2 aliphatic rings. The van der Waals surface area contributed by atoms with Gasteiger partial charge in [0.2, 0.25) is 5.91 Å². The minimum Gasteiger partial charge on any atom is -0.311 e. The van der Waals surface area contributed by atoms with Gasteiger partial charge in [-0.15, -0.1) is 0 Å². The van der Waals surface area contributed by atoms with Gasteiger partial charge in [0.25, 0.3) is 0 Å². The predicted octanol–water partition coefficient (Wildman–Crippen LogP) is 5.11. The van der Waals surface area contributed by atoms with Crippen molar-refractivity contribution >= 4 is 11.7 Å². The van der Waals surface area contributed by atoms with Crippen molar-refractivity contribution < 1.29 is 9.18 Å². The maximum atomic E-state index is 13.6. The molecule has 172 valence electrons. The van der Waals surface area contributed by atoms with Crippen molar-refractivity contribution in [3.05, 3.63) is 54.1 Å². The number of hydrogen-bond acceptors (Lipinski definition) is 4. The van der Waals surface area contributed by atoms with Gasteiger partial charge in [0, 0.05) is 36.8 Å². The Balaban J connectivity index is 1.46. The summed E-state index contributed by atoms with van der Waals surface area (Å²) in [5, 5.41) is 7.90. The zero-order valence-corrected chi connectivity index (χ0v) is 19.1. The predicted molar refractivity (Wildman–Crippen MR) is 127 cm³/mol. The fourth-order valence-corrected chi connectivity index (χ4v) is 5.06. The molecule has 0 atom stereocenters. The molecule has 7 heteroatoms. The maximum Gasteiger partial charge on any atom is 0.225 e. The topological polar surface area (TPSA) is 63.1 Å². The highest BCUT2D eigenvalue weighted by Crippen LogP contribution is 2.37. The number of anilines is 1. The van der Waals surface area contributed by atoms with Gasteiger partial charge >= 0.3 is 0 Å². The Kier molecular flexibility index (Phi) is 6.22. The van der Waals surface area contributed by atoms with Crippen LogP contribution in [0.5, 0.6) is 0 Å². The number of nitrogens with one attached hydrogen (secondary N) is 1. The van der Waals surface area contributed by atoms with Crippen LogP contribution < -0.4 is 5.32 Å². The van der Waals surface area contributed by atoms with Crippen LogP contribution in [-0.4, -0.2) is 39.2 Å². The Morgan fingerprint density at radius 3 is 2.67 bits per heavy atom. The summed E-state index contributed by atoms with van der Waals surface area (Å²) in [5.41, 5.74) is 4.78. The first kappa shape index (κ1) is 21.8. The van der Waals surface area contributed by atoms with Gasteiger partial charge in [-0.05, 0) is 67.8 Å². The van der Waals surface area contributed by atoms with E-state index in [0.717, 1.165) is 60.6 Å². The Hall–Kier alpha value is -3.06. The standard InChI is InChI=1S/C26H30FN5O/c1-31-13-14-32-22(17-31)25(26(30-32)19-7-9-21(27)10-8-19)20-11-12-28-23(16-20)29-24(33)15-18-5-3-2-4-6-18/h7-12,16,18H,2-6,13-15,17H2,1H3,(H,28,29,33). The maximum absolute atomic E-state index is 13.6. The number of amides is 1. The molecule has 0 bridgehead atoms. The molecule has 3 aromatic rings. The number of carbonyl (C=O) groups excluding carboxylic acids is 1. The summed E-state index contributed by atoms with van der Waals surface area (Å²) in [6, 6.07) is 10.4. The number of rotatable bonds is 5. The van der Waals surface area contributed by atoms with E-state index in [-0.39, 0.29) is 11.7 Å². The van der Waals surface area contributed by atoms with Crippen molar-refractivity contribution in [2.75, 3.05) is 18.9 Å². The normalized spacial score (nSPS) is 17.0. The number of pyridine rings is 1. The van der Waals surface area contributed by atoms with E-state index >= 15 is 0 Å². The number of hydrogen-bond donors (Lipinski definition) is 1. The number of halogens is 1. The summed E-state index contributed by atoms with van der Waals surface area (Å²) in [4.78, 5) is 19.3. The van der Waals surface area contributed by atoms with E-state index in [9.17, 15) is 9.18 Å². The van der Waals surface area contributed by atoms with Crippen molar-refractivity contribution in [3.63, 3.8) is 0 Å². The fraction of sp³-hybridized carbons (Fsp3) is 0.423. The number of aromatic nitrogens is 3. The van der Waals surface area contributed by atoms with Crippen LogP contribution in [0.1, 0.15) is 44.2 Å². The largest absolute Gasteiger partial charge is 0.311 e. The van der Waals surface area contributed by atoms with Gasteiger partial charge in [0.15, 0.2) is 0 Å². The van der Waals surface area contributed by atoms with Crippen LogP contribution in [0.25, 0.3) is 22.4 Å². The molecule has 33 heavy (non-hydrogen) atoms. The summed E-state index contributed by atoms with van der Waals surface area (Å²) in [7, 11) is 2.10. The molecule has 0 radical (unpaired) electrons. The van der Waals surface area contributed by atoms with Gasteiger partial charge in [-0.2, -0.15) is 5.10 Å². The van der Waals surface area contributed by atoms with Crippen LogP contribution in [-0.2, 0) is 17.9 Å². The first-order valence-corrected chi connectivity index (χ1v) is 11.9. The molecule has 1 fully saturated rings. The third-order valence-electron chi connectivity index (χ3n) is 6.80. The number of likely N-dealkylation sites (N-methyl/N-ethyl adjacent to an activating group) is 1. The van der Waals surface area contributed by atoms with Crippen LogP contribution in [0.2, 0.25) is 0 Å². The van der Waals surface area contributed by atoms with Crippen molar-refractivity contribution in [3.8, 4) is 22.4 Å². The van der Waals surface area contributed by atoms with Gasteiger partial charge in [-0.3, -0.25) is 14.4 Å². The third-order valence-corrected chi connectivity index (χ3v) is 6.80. The number of nitrogens with zero attached hydrogens (tertiary/aromatic N) is 4. The van der Waals surface area contributed by atoms with E-state index in [4.69, 9.17) is 5.10 Å². The molecule has 2 aromatic heterocycles. The van der Waals surface area contributed by atoms with Crippen molar-refractivity contribution in [1.29, 1.82) is 0 Å². The average molecular weight is 448 g/mol. The average Bonchev–Trinajstić information content (AvgIpc) is 3.19. The first-order valence-electron chi connectivity index (χ1n) is 11.9. The summed E-state index contributed by atoms with van der Waals surface area (Å²) < 4.78 is 15.6. The number of fused-ring (bicyclic) bond motifs is 1. The lowest BCUT2D eigenvalue weighted by atomic mass is 9.87. The minimum atomic E-state index is -0.268. The first-order chi connectivity index (χ1) is 16.1. The highest BCUT2D eigenvalue weighted by atomic mass is 19.1. The molecule has 0 saturated heterocycles. The molecule has 1 N–H and O–H groups in total. The van der Waals surface area contributed by atoms with Crippen LogP contribution >= 0.6 is 0 Å². The summed E-state index contributed by atoms with van der Waals surface area (Å²) >= 11 is 0. The lowest BCUT2D eigenvalue weighted by molar-refractivity contribution is -0.117. The molecule has 1 amide bonds. The van der Waals surface area contributed by atoms with Crippen LogP contribution in [0.15, 0.2) is 42.6 Å². The van der Waals surface area contributed by atoms with E-state index in [1.54, 1.807) is 18.3 Å². The van der Waals surface area contributed by atoms with Crippen LogP contribution in [0.3, 0.4) is 0 Å². The highest BCUT2D eigenvalue weighted by molar-refractivity contribution is 5.91. The monoisotopic (exact) mass is 447 g/mol. The highest BCUT2D eigenvalue weighted by Gasteiger charge is 2.25. The van der Waals surface area contributed by atoms with E-state index in [1.807, 2.05) is 12.1 Å². The molecule has 1 aliphatic carbocycles. The summed E-state index contributed by atoms with van der Waals surface area (Å²) in [6.07, 6.45) is 8.29. The molecular formula is C26H30FN5O. The Morgan fingerprint density at radius 1 is 1.09 bits per heavy atom. The molecule has 1 saturated carbocycles. The van der Waals surface area contributed by atoms with Gasteiger partial charge in [0.1, 0.15) is 17.3 Å². The second-order valence-electron chi connectivity index (χ2n) is 9.32. The van der Waals surface area contributed by atoms with E-state index in [2.05, 4.69) is 26.9 Å². The van der Waals surface area contributed by atoms with E-state index in [0.29, 0.717) is 18.2 Å². The lowest BCUT2D eigenvalue weighted by Crippen LogP contribution is -2.30. The Bertz CT molecular complexity index is 1130. The molecule has 0 unspecified atom stereocenters. The number of carbonyl (C=O) groups is 1. The third kappa shape index (κ3) is 4.83. The quantitative estimate of drug-likeness (QED) is 0.591. The van der Waals surface area contributed by atoms with E-state index < -0.39 is 0 Å². The fourth-order valence-electron chi connectivity index (χ4n) is 5.06. The Labute approximate surface area is 193 Å². The van der Waals surface area contributed by atoms with Gasteiger partial charge in [-0.1, -0.05) is 19.3 Å². The molecular weight excluding hydrogens is 417 g/mol. The minimum absolute atomic E-state index is 0.0297. The molecule has 0 spiro atoms. The smallest absolute Gasteiger partial charge is 0.225 e. The SMILES string of the molecule is CN1CCn2nc(-c3ccc(F)cc3)c(-c3ccnc(NC(=O)CC4CCCCC4)c3)c2C1. The molecule has 3 heterocycles. The van der Waals surface area contributed by atoms with Gasteiger partial charge in [-0.25, -0.2) is 9.37 Å². The van der Waals surface area contributed by atoms with Crippen LogP contribution in [0, 0.1) is 11.7 Å². The van der Waals surface area contributed by atoms with Gasteiger partial charge in [0.05, 0.1) is 12.2 Å². The zero-order chi connectivity index (χ0) is 22.8. The van der Waals surface area contributed by atoms with Crippen molar-refractivity contribution in [1.82, 2.24) is 19.7 Å². The lowest BCUT2D eigenvalue weighted by Gasteiger charge is -2.24. The Morgan fingerprint density at radius 2 is 1.88 bits per heavy atom. The number of benzene rings is 1.